The van der Waals surface area contributed by atoms with E-state index in [9.17, 15) is 18.4 Å². The molecule has 0 saturated heterocycles. The van der Waals surface area contributed by atoms with E-state index in [0.717, 1.165) is 17.5 Å². The van der Waals surface area contributed by atoms with Crippen molar-refractivity contribution >= 4 is 28.6 Å². The van der Waals surface area contributed by atoms with Crippen molar-refractivity contribution in [3.8, 4) is 0 Å². The maximum absolute atomic E-state index is 13.0. The third-order valence-corrected chi connectivity index (χ3v) is 7.19. The van der Waals surface area contributed by atoms with E-state index in [0.29, 0.717) is 37.9 Å². The third kappa shape index (κ3) is 4.28. The van der Waals surface area contributed by atoms with E-state index >= 15 is 0 Å². The molecule has 4 rings (SSSR count). The molecule has 1 unspecified atom stereocenters. The summed E-state index contributed by atoms with van der Waals surface area (Å²) in [6.45, 7) is 0. The first kappa shape index (κ1) is 19.8. The quantitative estimate of drug-likeness (QED) is 0.700. The summed E-state index contributed by atoms with van der Waals surface area (Å²) in [6.07, 6.45) is 8.21. The van der Waals surface area contributed by atoms with Gasteiger partial charge in [0.25, 0.3) is 0 Å². The van der Waals surface area contributed by atoms with Gasteiger partial charge < -0.3 is 9.87 Å². The average molecular weight is 412 g/mol. The second-order valence-corrected chi connectivity index (χ2v) is 9.12. The summed E-state index contributed by atoms with van der Waals surface area (Å²) in [7, 11) is 0. The van der Waals surface area contributed by atoms with Gasteiger partial charge in [-0.2, -0.15) is 0 Å². The van der Waals surface area contributed by atoms with E-state index in [-0.39, 0.29) is 17.6 Å². The summed E-state index contributed by atoms with van der Waals surface area (Å²) in [4.78, 5) is 32.8. The molecule has 8 heteroatoms. The summed E-state index contributed by atoms with van der Waals surface area (Å²) in [6, 6.07) is 7.28. The SMILES string of the molecule is O=C1CC[C@H](C[C@@H](C(=O)Nc2cnccn2)c2ccc(C3(S(=O)[O-])CC3)cc2)C1. The van der Waals surface area contributed by atoms with E-state index in [2.05, 4.69) is 15.3 Å². The Morgan fingerprint density at radius 3 is 2.59 bits per heavy atom. The normalized spacial score (nSPS) is 22.1. The van der Waals surface area contributed by atoms with Crippen molar-refractivity contribution in [3.05, 3.63) is 54.0 Å². The number of nitrogens with one attached hydrogen (secondary N) is 1. The van der Waals surface area contributed by atoms with Gasteiger partial charge in [0, 0.05) is 25.2 Å². The minimum absolute atomic E-state index is 0.170. The summed E-state index contributed by atoms with van der Waals surface area (Å²) in [5, 5.41) is 2.80. The Kier molecular flexibility index (Phi) is 5.56. The number of Topliss-reactive ketones (excluding diaryl/α,β-unsaturated/α-hetero) is 1. The highest BCUT2D eigenvalue weighted by molar-refractivity contribution is 7.80. The minimum atomic E-state index is -2.16. The predicted octanol–water partition coefficient (Wildman–Crippen LogP) is 2.83. The van der Waals surface area contributed by atoms with E-state index in [1.807, 2.05) is 12.1 Å². The first-order valence-corrected chi connectivity index (χ1v) is 10.8. The Bertz CT molecular complexity index is 929. The maximum Gasteiger partial charge on any atom is 0.233 e. The summed E-state index contributed by atoms with van der Waals surface area (Å²) < 4.78 is 22.4. The molecule has 7 nitrogen and oxygen atoms in total. The molecule has 152 valence electrons. The van der Waals surface area contributed by atoms with Gasteiger partial charge in [-0.1, -0.05) is 24.3 Å². The van der Waals surface area contributed by atoms with Gasteiger partial charge in [-0.25, -0.2) is 4.98 Å². The van der Waals surface area contributed by atoms with Gasteiger partial charge in [0.05, 0.1) is 16.9 Å². The van der Waals surface area contributed by atoms with Crippen LogP contribution < -0.4 is 5.32 Å². The van der Waals surface area contributed by atoms with E-state index in [1.54, 1.807) is 12.1 Å². The van der Waals surface area contributed by atoms with Gasteiger partial charge in [0.2, 0.25) is 5.91 Å². The summed E-state index contributed by atoms with van der Waals surface area (Å²) in [5.41, 5.74) is 1.57. The Morgan fingerprint density at radius 1 is 1.28 bits per heavy atom. The van der Waals surface area contributed by atoms with Crippen LogP contribution in [0.4, 0.5) is 5.82 Å². The van der Waals surface area contributed by atoms with Gasteiger partial charge in [-0.15, -0.1) is 0 Å². The molecule has 1 heterocycles. The van der Waals surface area contributed by atoms with E-state index in [1.165, 1.54) is 18.6 Å². The van der Waals surface area contributed by atoms with E-state index in [4.69, 9.17) is 0 Å². The highest BCUT2D eigenvalue weighted by Gasteiger charge is 2.46. The molecule has 0 aliphatic heterocycles. The minimum Gasteiger partial charge on any atom is -0.772 e. The highest BCUT2D eigenvalue weighted by atomic mass is 32.2. The van der Waals surface area contributed by atoms with Crippen LogP contribution in [-0.4, -0.2) is 30.4 Å². The lowest BCUT2D eigenvalue weighted by molar-refractivity contribution is -0.119. The van der Waals surface area contributed by atoms with Crippen molar-refractivity contribution in [2.75, 3.05) is 5.32 Å². The largest absolute Gasteiger partial charge is 0.772 e. The monoisotopic (exact) mass is 412 g/mol. The van der Waals surface area contributed by atoms with Crippen LogP contribution in [-0.2, 0) is 25.4 Å². The molecule has 2 aromatic rings. The Labute approximate surface area is 171 Å². The number of aromatic nitrogens is 2. The van der Waals surface area contributed by atoms with Crippen LogP contribution in [0.2, 0.25) is 0 Å². The van der Waals surface area contributed by atoms with Crippen LogP contribution in [0.3, 0.4) is 0 Å². The van der Waals surface area contributed by atoms with Gasteiger partial charge in [-0.3, -0.25) is 18.8 Å². The second kappa shape index (κ2) is 8.12. The lowest BCUT2D eigenvalue weighted by atomic mass is 9.86. The molecule has 1 amide bonds. The molecular formula is C21H22N3O4S-. The molecule has 0 spiro atoms. The topological polar surface area (TPSA) is 112 Å². The first-order valence-electron chi connectivity index (χ1n) is 9.76. The molecule has 0 bridgehead atoms. The van der Waals surface area contributed by atoms with Gasteiger partial charge in [0.15, 0.2) is 5.82 Å². The van der Waals surface area contributed by atoms with Gasteiger partial charge in [0.1, 0.15) is 5.78 Å². The number of amides is 1. The Balaban J connectivity index is 1.56. The standard InChI is InChI=1S/C21H23N3O4S/c25-17-6-1-14(11-17)12-18(20(26)24-19-13-22-9-10-23-19)15-2-4-16(5-3-15)21(7-8-21)29(27)28/h2-5,9-10,13-14,18H,1,6-8,11-12H2,(H,27,28)(H,23,24,26)/p-1/t14-,18+/m0/s1. The number of benzene rings is 1. The van der Waals surface area contributed by atoms with Crippen LogP contribution in [0.15, 0.2) is 42.9 Å². The predicted molar refractivity (Wildman–Crippen MR) is 107 cm³/mol. The van der Waals surface area contributed by atoms with Crippen LogP contribution >= 0.6 is 0 Å². The lowest BCUT2D eigenvalue weighted by Crippen LogP contribution is -2.24. The van der Waals surface area contributed by atoms with Crippen LogP contribution in [0.5, 0.6) is 0 Å². The molecule has 2 fully saturated rings. The molecule has 2 aliphatic rings. The molecule has 0 radical (unpaired) electrons. The van der Waals surface area contributed by atoms with Crippen molar-refractivity contribution < 1.29 is 18.4 Å². The number of ketones is 1. The van der Waals surface area contributed by atoms with Crippen molar-refractivity contribution in [2.24, 2.45) is 5.92 Å². The summed E-state index contributed by atoms with van der Waals surface area (Å²) in [5.74, 6) is 0.136. The highest BCUT2D eigenvalue weighted by Crippen LogP contribution is 2.50. The maximum atomic E-state index is 13.0. The molecule has 29 heavy (non-hydrogen) atoms. The van der Waals surface area contributed by atoms with Crippen molar-refractivity contribution in [1.29, 1.82) is 0 Å². The fourth-order valence-electron chi connectivity index (χ4n) is 4.08. The molecular weight excluding hydrogens is 390 g/mol. The number of carbonyl (C=O) groups is 2. The zero-order valence-electron chi connectivity index (χ0n) is 15.9. The molecule has 1 aromatic carbocycles. The van der Waals surface area contributed by atoms with Crippen LogP contribution in [0.1, 0.15) is 55.6 Å². The van der Waals surface area contributed by atoms with Crippen molar-refractivity contribution in [1.82, 2.24) is 9.97 Å². The lowest BCUT2D eigenvalue weighted by Gasteiger charge is -2.22. The Morgan fingerprint density at radius 2 is 2.03 bits per heavy atom. The smallest absolute Gasteiger partial charge is 0.233 e. The number of nitrogens with zero attached hydrogens (tertiary/aromatic N) is 2. The zero-order chi connectivity index (χ0) is 20.4. The number of rotatable bonds is 7. The van der Waals surface area contributed by atoms with E-state index < -0.39 is 21.7 Å². The summed E-state index contributed by atoms with van der Waals surface area (Å²) >= 11 is -2.16. The van der Waals surface area contributed by atoms with Crippen LogP contribution in [0.25, 0.3) is 0 Å². The number of hydrogen-bond donors (Lipinski definition) is 1. The van der Waals surface area contributed by atoms with Crippen molar-refractivity contribution in [3.63, 3.8) is 0 Å². The fourth-order valence-corrected chi connectivity index (χ4v) is 4.85. The number of carbonyl (C=O) groups excluding carboxylic acids is 2. The van der Waals surface area contributed by atoms with Gasteiger partial charge >= 0.3 is 0 Å². The molecule has 3 atom stereocenters. The fraction of sp³-hybridized carbons (Fsp3) is 0.429. The molecule has 2 aliphatic carbocycles. The van der Waals surface area contributed by atoms with Gasteiger partial charge in [-0.05, 0) is 53.8 Å². The number of anilines is 1. The Hall–Kier alpha value is -2.45. The molecule has 1 N–H and O–H groups in total. The third-order valence-electron chi connectivity index (χ3n) is 5.91. The molecule has 1 aromatic heterocycles. The number of hydrogen-bond acceptors (Lipinski definition) is 6. The average Bonchev–Trinajstić information content (AvgIpc) is 3.44. The zero-order valence-corrected chi connectivity index (χ0v) is 16.7. The van der Waals surface area contributed by atoms with Crippen LogP contribution in [0, 0.1) is 5.92 Å². The van der Waals surface area contributed by atoms with Crippen molar-refractivity contribution in [2.45, 2.75) is 49.2 Å². The molecule has 2 saturated carbocycles. The second-order valence-electron chi connectivity index (χ2n) is 7.87. The first-order chi connectivity index (χ1) is 14.0.